The molecule has 4 atom stereocenters. The van der Waals surface area contributed by atoms with Gasteiger partial charge in [0.15, 0.2) is 17.4 Å². The molecule has 22 heavy (non-hydrogen) atoms. The number of hydrogen-bond donors (Lipinski definition) is 5. The van der Waals surface area contributed by atoms with Gasteiger partial charge < -0.3 is 30.5 Å². The van der Waals surface area contributed by atoms with Gasteiger partial charge in [0.25, 0.3) is 5.56 Å². The highest BCUT2D eigenvalue weighted by Crippen LogP contribution is 2.34. The molecule has 3 rings (SSSR count). The molecule has 0 bridgehead atoms. The molecular formula is C11H15N5O6. The normalized spacial score (nSPS) is 28.4. The van der Waals surface area contributed by atoms with Gasteiger partial charge >= 0.3 is 6.01 Å². The van der Waals surface area contributed by atoms with Crippen molar-refractivity contribution in [1.29, 1.82) is 0 Å². The van der Waals surface area contributed by atoms with Crippen LogP contribution in [0.15, 0.2) is 4.79 Å². The van der Waals surface area contributed by atoms with Crippen LogP contribution in [0.2, 0.25) is 0 Å². The highest BCUT2D eigenvalue weighted by Gasteiger charge is 2.45. The number of methoxy groups -OCH3 is 1. The van der Waals surface area contributed by atoms with E-state index >= 15 is 0 Å². The number of fused-ring (bicyclic) bond motifs is 1. The summed E-state index contributed by atoms with van der Waals surface area (Å²) in [7, 11) is 1.32. The molecule has 0 radical (unpaired) electrons. The molecule has 0 spiro atoms. The summed E-state index contributed by atoms with van der Waals surface area (Å²) in [6, 6.07) is -0.0477. The number of aliphatic hydroxyl groups excluding tert-OH is 3. The minimum absolute atomic E-state index is 0.0351. The lowest BCUT2D eigenvalue weighted by Gasteiger charge is -2.18. The standard InChI is InChI=1S/C11H15N5O6/c1-21-11-13-4-7(14-10(12)15-8(4)20)16(11)9-6(19)5(18)3(2-17)22-9/h3,5-6,9,17-19H,2H2,1H3,(H3,12,14,15,20)/t3-,5-,6-,9-/m1/s1. The number of H-pyrrole nitrogens is 1. The zero-order valence-corrected chi connectivity index (χ0v) is 11.5. The van der Waals surface area contributed by atoms with E-state index < -0.39 is 36.7 Å². The molecule has 2 aromatic rings. The van der Waals surface area contributed by atoms with Crippen LogP contribution in [-0.2, 0) is 4.74 Å². The minimum Gasteiger partial charge on any atom is -0.468 e. The molecule has 6 N–H and O–H groups in total. The second-order valence-corrected chi connectivity index (χ2v) is 4.82. The third-order valence-corrected chi connectivity index (χ3v) is 3.49. The van der Waals surface area contributed by atoms with E-state index in [0.717, 1.165) is 0 Å². The zero-order chi connectivity index (χ0) is 16.0. The molecule has 1 saturated heterocycles. The highest BCUT2D eigenvalue weighted by atomic mass is 16.6. The number of rotatable bonds is 3. The van der Waals surface area contributed by atoms with Gasteiger partial charge in [0, 0.05) is 0 Å². The number of ether oxygens (including phenoxy) is 2. The summed E-state index contributed by atoms with van der Waals surface area (Å²) in [5.41, 5.74) is 4.92. The summed E-state index contributed by atoms with van der Waals surface area (Å²) in [6.45, 7) is -0.486. The van der Waals surface area contributed by atoms with Gasteiger partial charge in [-0.05, 0) is 0 Å². The fraction of sp³-hybridized carbons (Fsp3) is 0.545. The molecule has 11 heteroatoms. The largest absolute Gasteiger partial charge is 0.468 e. The molecule has 1 aliphatic rings. The van der Waals surface area contributed by atoms with Gasteiger partial charge in [0.1, 0.15) is 18.3 Å². The summed E-state index contributed by atoms with van der Waals surface area (Å²) < 4.78 is 11.7. The third kappa shape index (κ3) is 2.02. The quantitative estimate of drug-likeness (QED) is 0.405. The molecule has 0 aliphatic carbocycles. The molecule has 1 aliphatic heterocycles. The Morgan fingerprint density at radius 3 is 2.73 bits per heavy atom. The van der Waals surface area contributed by atoms with Crippen LogP contribution in [-0.4, -0.2) is 66.9 Å². The number of hydrogen-bond acceptors (Lipinski definition) is 9. The Morgan fingerprint density at radius 2 is 2.14 bits per heavy atom. The van der Waals surface area contributed by atoms with Crippen molar-refractivity contribution in [2.45, 2.75) is 24.5 Å². The second-order valence-electron chi connectivity index (χ2n) is 4.82. The molecule has 0 unspecified atom stereocenters. The van der Waals surface area contributed by atoms with Crippen LogP contribution in [0.1, 0.15) is 6.23 Å². The van der Waals surface area contributed by atoms with Gasteiger partial charge in [0.2, 0.25) is 5.95 Å². The molecule has 3 heterocycles. The maximum atomic E-state index is 11.9. The Balaban J connectivity index is 2.20. The monoisotopic (exact) mass is 313 g/mol. The van der Waals surface area contributed by atoms with Crippen LogP contribution in [0, 0.1) is 0 Å². The number of anilines is 1. The van der Waals surface area contributed by atoms with Gasteiger partial charge in [-0.3, -0.25) is 9.78 Å². The Hall–Kier alpha value is -2.21. The second kappa shape index (κ2) is 5.21. The van der Waals surface area contributed by atoms with E-state index in [1.165, 1.54) is 11.7 Å². The predicted octanol–water partition coefficient (Wildman–Crippen LogP) is -2.68. The first-order valence-corrected chi connectivity index (χ1v) is 6.42. The minimum atomic E-state index is -1.37. The van der Waals surface area contributed by atoms with Crippen molar-refractivity contribution in [2.24, 2.45) is 0 Å². The molecular weight excluding hydrogens is 298 g/mol. The number of aliphatic hydroxyl groups is 3. The van der Waals surface area contributed by atoms with Crippen LogP contribution in [0.5, 0.6) is 6.01 Å². The molecule has 2 aromatic heterocycles. The van der Waals surface area contributed by atoms with Gasteiger partial charge in [-0.15, -0.1) is 0 Å². The summed E-state index contributed by atoms with van der Waals surface area (Å²) >= 11 is 0. The molecule has 0 amide bonds. The third-order valence-electron chi connectivity index (χ3n) is 3.49. The summed E-state index contributed by atoms with van der Waals surface area (Å²) in [6.07, 6.45) is -4.80. The lowest BCUT2D eigenvalue weighted by Crippen LogP contribution is -2.33. The molecule has 0 saturated carbocycles. The van der Waals surface area contributed by atoms with Crippen molar-refractivity contribution in [1.82, 2.24) is 19.5 Å². The topological polar surface area (TPSA) is 169 Å². The first kappa shape index (κ1) is 14.7. The maximum Gasteiger partial charge on any atom is 0.300 e. The lowest BCUT2D eigenvalue weighted by molar-refractivity contribution is -0.0537. The van der Waals surface area contributed by atoms with Crippen molar-refractivity contribution >= 4 is 17.1 Å². The van der Waals surface area contributed by atoms with Crippen LogP contribution >= 0.6 is 0 Å². The lowest BCUT2D eigenvalue weighted by atomic mass is 10.1. The zero-order valence-electron chi connectivity index (χ0n) is 11.5. The van der Waals surface area contributed by atoms with E-state index in [1.807, 2.05) is 0 Å². The Kier molecular flexibility index (Phi) is 3.48. The SMILES string of the molecule is COc1nc2c(=O)[nH]c(N)nc2n1[C@@H]1O[C@H](CO)[C@@H](O)[C@H]1O. The number of nitrogens with one attached hydrogen (secondary N) is 1. The van der Waals surface area contributed by atoms with Crippen LogP contribution in [0.4, 0.5) is 5.95 Å². The first-order valence-electron chi connectivity index (χ1n) is 6.42. The van der Waals surface area contributed by atoms with Gasteiger partial charge in [-0.1, -0.05) is 0 Å². The van der Waals surface area contributed by atoms with Gasteiger partial charge in [-0.25, -0.2) is 4.57 Å². The number of aromatic amines is 1. The molecule has 11 nitrogen and oxygen atoms in total. The van der Waals surface area contributed by atoms with E-state index in [4.69, 9.17) is 20.3 Å². The predicted molar refractivity (Wildman–Crippen MR) is 72.1 cm³/mol. The van der Waals surface area contributed by atoms with Gasteiger partial charge in [0.05, 0.1) is 13.7 Å². The fourth-order valence-corrected chi connectivity index (χ4v) is 2.45. The average Bonchev–Trinajstić information content (AvgIpc) is 2.98. The van der Waals surface area contributed by atoms with E-state index in [9.17, 15) is 15.0 Å². The Morgan fingerprint density at radius 1 is 1.41 bits per heavy atom. The van der Waals surface area contributed by atoms with Crippen molar-refractivity contribution in [3.8, 4) is 6.01 Å². The van der Waals surface area contributed by atoms with Crippen LogP contribution in [0.25, 0.3) is 11.2 Å². The number of imidazole rings is 1. The van der Waals surface area contributed by atoms with E-state index in [-0.39, 0.29) is 23.1 Å². The summed E-state index contributed by atoms with van der Waals surface area (Å²) in [4.78, 5) is 22.1. The van der Waals surface area contributed by atoms with Crippen molar-refractivity contribution in [2.75, 3.05) is 19.5 Å². The molecule has 120 valence electrons. The molecule has 1 fully saturated rings. The first-order chi connectivity index (χ1) is 10.5. The number of nitrogen functional groups attached to an aromatic ring is 1. The average molecular weight is 313 g/mol. The Labute approximate surface area is 122 Å². The van der Waals surface area contributed by atoms with Crippen molar-refractivity contribution < 1.29 is 24.8 Å². The number of nitrogens with two attached hydrogens (primary N) is 1. The smallest absolute Gasteiger partial charge is 0.300 e. The summed E-state index contributed by atoms with van der Waals surface area (Å²) in [5, 5.41) is 29.1. The van der Waals surface area contributed by atoms with E-state index in [2.05, 4.69) is 15.0 Å². The van der Waals surface area contributed by atoms with Crippen LogP contribution in [0.3, 0.4) is 0 Å². The van der Waals surface area contributed by atoms with E-state index in [1.54, 1.807) is 0 Å². The van der Waals surface area contributed by atoms with Crippen LogP contribution < -0.4 is 16.0 Å². The van der Waals surface area contributed by atoms with Crippen molar-refractivity contribution in [3.63, 3.8) is 0 Å². The van der Waals surface area contributed by atoms with Gasteiger partial charge in [-0.2, -0.15) is 9.97 Å². The summed E-state index contributed by atoms with van der Waals surface area (Å²) in [5.74, 6) is -0.145. The van der Waals surface area contributed by atoms with E-state index in [0.29, 0.717) is 0 Å². The number of nitrogens with zero attached hydrogens (tertiary/aromatic N) is 3. The maximum absolute atomic E-state index is 11.9. The fourth-order valence-electron chi connectivity index (χ4n) is 2.45. The number of aromatic nitrogens is 4. The molecule has 0 aromatic carbocycles. The van der Waals surface area contributed by atoms with Crippen molar-refractivity contribution in [3.05, 3.63) is 10.4 Å². The Bertz CT molecular complexity index is 757. The highest BCUT2D eigenvalue weighted by molar-refractivity contribution is 5.72.